The maximum absolute atomic E-state index is 13.1. The van der Waals surface area contributed by atoms with Crippen LogP contribution in [0.5, 0.6) is 5.75 Å². The second-order valence-electron chi connectivity index (χ2n) is 11.6. The van der Waals surface area contributed by atoms with Crippen molar-refractivity contribution >= 4 is 51.9 Å². The Bertz CT molecular complexity index is 1710. The number of carbonyl (C=O) groups excluding carboxylic acids is 5. The average Bonchev–Trinajstić information content (AvgIpc) is 3.05. The van der Waals surface area contributed by atoms with E-state index in [9.17, 15) is 24.0 Å². The van der Waals surface area contributed by atoms with E-state index in [1.54, 1.807) is 18.3 Å². The van der Waals surface area contributed by atoms with Gasteiger partial charge in [-0.2, -0.15) is 0 Å². The highest BCUT2D eigenvalue weighted by molar-refractivity contribution is 6.09. The molecule has 2 aromatic carbocycles. The summed E-state index contributed by atoms with van der Waals surface area (Å²) in [6.45, 7) is 7.99. The molecule has 1 aliphatic rings. The van der Waals surface area contributed by atoms with E-state index in [-0.39, 0.29) is 25.6 Å². The van der Waals surface area contributed by atoms with Gasteiger partial charge in [-0.25, -0.2) is 0 Å². The Morgan fingerprint density at radius 3 is 2.16 bits per heavy atom. The van der Waals surface area contributed by atoms with Gasteiger partial charge in [0.25, 0.3) is 0 Å². The largest absolute Gasteiger partial charge is 0.489 e. The highest BCUT2D eigenvalue weighted by Gasteiger charge is 2.52. The highest BCUT2D eigenvalue weighted by atomic mass is 16.7. The molecule has 0 amide bonds. The number of Topliss-reactive ketones (excluding diaryl/α,β-unsaturated/α-hetero) is 1. The van der Waals surface area contributed by atoms with Crippen LogP contribution in [0.3, 0.4) is 0 Å². The van der Waals surface area contributed by atoms with Crippen LogP contribution in [0.1, 0.15) is 63.4 Å². The number of para-hydroxylation sites is 2. The lowest BCUT2D eigenvalue weighted by Gasteiger charge is -2.44. The number of rotatable bonds is 15. The van der Waals surface area contributed by atoms with Crippen LogP contribution in [0.2, 0.25) is 0 Å². The van der Waals surface area contributed by atoms with Crippen LogP contribution in [0, 0.1) is 6.92 Å². The minimum Gasteiger partial charge on any atom is -0.489 e. The van der Waals surface area contributed by atoms with E-state index in [4.69, 9.17) is 33.2 Å². The van der Waals surface area contributed by atoms with Gasteiger partial charge < -0.3 is 38.5 Å². The van der Waals surface area contributed by atoms with Gasteiger partial charge in [-0.05, 0) is 31.0 Å². The molecule has 2 heterocycles. The normalized spacial score (nSPS) is 20.0. The molecule has 50 heavy (non-hydrogen) atoms. The summed E-state index contributed by atoms with van der Waals surface area (Å²) in [5.74, 6) is -2.48. The molecular formula is C36H42N2O12. The van der Waals surface area contributed by atoms with Gasteiger partial charge in [0.05, 0.1) is 17.9 Å². The fourth-order valence-electron chi connectivity index (χ4n) is 5.51. The molecule has 4 rings (SSSR count). The van der Waals surface area contributed by atoms with Crippen LogP contribution in [0.15, 0.2) is 48.7 Å². The smallest absolute Gasteiger partial charge is 0.303 e. The zero-order valence-electron chi connectivity index (χ0n) is 28.9. The fraction of sp³-hybridized carbons (Fsp3) is 0.444. The number of aromatic nitrogens is 1. The molecule has 0 bridgehead atoms. The number of aryl methyl sites for hydroxylation is 1. The fourth-order valence-corrected chi connectivity index (χ4v) is 5.51. The SMILES string of the molecule is CCCC(=O)c1cnc2c(OCCO[C@@H]3O[C@H](COC(C)=O)[C@@H](OC(C)=O)[C@H](OC(C)=O)[C@H]3OC(C)=O)cccc2c1Nc1ccccc1C. The summed E-state index contributed by atoms with van der Waals surface area (Å²) in [6, 6.07) is 13.1. The average molecular weight is 695 g/mol. The van der Waals surface area contributed by atoms with E-state index in [1.165, 1.54) is 6.92 Å². The predicted molar refractivity (Wildman–Crippen MR) is 179 cm³/mol. The molecule has 0 spiro atoms. The Balaban J connectivity index is 1.58. The van der Waals surface area contributed by atoms with Gasteiger partial charge in [0.1, 0.15) is 30.6 Å². The lowest BCUT2D eigenvalue weighted by atomic mass is 9.98. The van der Waals surface area contributed by atoms with Crippen molar-refractivity contribution < 1.29 is 57.1 Å². The van der Waals surface area contributed by atoms with Gasteiger partial charge in [-0.3, -0.25) is 29.0 Å². The molecule has 14 nitrogen and oxygen atoms in total. The van der Waals surface area contributed by atoms with Gasteiger partial charge in [0.2, 0.25) is 0 Å². The maximum Gasteiger partial charge on any atom is 0.303 e. The summed E-state index contributed by atoms with van der Waals surface area (Å²) in [6.07, 6.45) is -3.91. The summed E-state index contributed by atoms with van der Waals surface area (Å²) in [5.41, 5.74) is 3.42. The third-order valence-electron chi connectivity index (χ3n) is 7.61. The van der Waals surface area contributed by atoms with Gasteiger partial charge in [0.15, 0.2) is 30.4 Å². The Labute approximate surface area is 289 Å². The number of hydrogen-bond donors (Lipinski definition) is 1. The summed E-state index contributed by atoms with van der Waals surface area (Å²) in [7, 11) is 0. The molecule has 1 fully saturated rings. The molecule has 1 N–H and O–H groups in total. The van der Waals surface area contributed by atoms with Gasteiger partial charge >= 0.3 is 23.9 Å². The molecule has 0 radical (unpaired) electrons. The van der Waals surface area contributed by atoms with Crippen LogP contribution < -0.4 is 10.1 Å². The van der Waals surface area contributed by atoms with E-state index < -0.39 is 54.6 Å². The molecule has 0 unspecified atom stereocenters. The van der Waals surface area contributed by atoms with Crippen LogP contribution in [0.25, 0.3) is 10.9 Å². The first kappa shape index (κ1) is 37.7. The number of esters is 4. The van der Waals surface area contributed by atoms with Crippen molar-refractivity contribution in [2.24, 2.45) is 0 Å². The van der Waals surface area contributed by atoms with E-state index >= 15 is 0 Å². The Morgan fingerprint density at radius 2 is 1.50 bits per heavy atom. The minimum absolute atomic E-state index is 0.0370. The standard InChI is InChI=1S/C36H42N2O12/c1-7-11-28(43)26-18-37-32-25(31(26)38-27-14-9-8-12-20(27)2)13-10-15-29(32)44-16-17-45-36-35(49-24(6)42)34(48-23(5)41)33(47-22(4)40)30(50-36)19-46-21(3)39/h8-10,12-15,18,30,33-36H,7,11,16-17,19H2,1-6H3,(H,37,38)/t30-,33-,34+,35-,36-/m1/s1. The molecule has 268 valence electrons. The molecule has 14 heteroatoms. The quantitative estimate of drug-likeness (QED) is 0.0999. The number of nitrogens with zero attached hydrogens (tertiary/aromatic N) is 1. The monoisotopic (exact) mass is 694 g/mol. The van der Waals surface area contributed by atoms with Crippen molar-refractivity contribution in [1.82, 2.24) is 4.98 Å². The van der Waals surface area contributed by atoms with Crippen molar-refractivity contribution in [2.75, 3.05) is 25.1 Å². The first-order valence-electron chi connectivity index (χ1n) is 16.2. The number of carbonyl (C=O) groups is 5. The topological polar surface area (TPSA) is 175 Å². The number of hydrogen-bond acceptors (Lipinski definition) is 14. The van der Waals surface area contributed by atoms with Crippen LogP contribution >= 0.6 is 0 Å². The number of nitrogens with one attached hydrogen (secondary N) is 1. The number of benzene rings is 2. The number of pyridine rings is 1. The summed E-state index contributed by atoms with van der Waals surface area (Å²) < 4.78 is 39.4. The van der Waals surface area contributed by atoms with Crippen LogP contribution in [-0.2, 0) is 47.6 Å². The minimum atomic E-state index is -1.36. The highest BCUT2D eigenvalue weighted by Crippen LogP contribution is 2.35. The molecule has 1 saturated heterocycles. The van der Waals surface area contributed by atoms with E-state index in [0.29, 0.717) is 40.7 Å². The Kier molecular flexibility index (Phi) is 13.2. The van der Waals surface area contributed by atoms with Crippen molar-refractivity contribution in [3.05, 3.63) is 59.8 Å². The Morgan fingerprint density at radius 1 is 0.820 bits per heavy atom. The van der Waals surface area contributed by atoms with Crippen molar-refractivity contribution in [3.63, 3.8) is 0 Å². The molecule has 3 aromatic rings. The van der Waals surface area contributed by atoms with E-state index in [0.717, 1.165) is 32.0 Å². The lowest BCUT2D eigenvalue weighted by molar-refractivity contribution is -0.308. The van der Waals surface area contributed by atoms with Crippen LogP contribution in [0.4, 0.5) is 11.4 Å². The maximum atomic E-state index is 13.1. The van der Waals surface area contributed by atoms with Gasteiger partial charge in [0, 0.05) is 51.4 Å². The summed E-state index contributed by atoms with van der Waals surface area (Å²) >= 11 is 0. The third-order valence-corrected chi connectivity index (χ3v) is 7.61. The van der Waals surface area contributed by atoms with Crippen molar-refractivity contribution in [2.45, 2.75) is 85.1 Å². The summed E-state index contributed by atoms with van der Waals surface area (Å²) in [5, 5.41) is 4.11. The molecule has 1 aromatic heterocycles. The molecular weight excluding hydrogens is 652 g/mol. The number of fused-ring (bicyclic) bond motifs is 1. The Hall–Kier alpha value is -5.08. The first-order chi connectivity index (χ1) is 23.9. The molecule has 0 aliphatic carbocycles. The zero-order valence-corrected chi connectivity index (χ0v) is 28.9. The van der Waals surface area contributed by atoms with E-state index in [2.05, 4.69) is 10.3 Å². The third kappa shape index (κ3) is 9.76. The van der Waals surface area contributed by atoms with Crippen molar-refractivity contribution in [3.8, 4) is 5.75 Å². The van der Waals surface area contributed by atoms with Crippen LogP contribution in [-0.4, -0.2) is 85.2 Å². The van der Waals surface area contributed by atoms with E-state index in [1.807, 2.05) is 44.2 Å². The van der Waals surface area contributed by atoms with Gasteiger partial charge in [-0.15, -0.1) is 0 Å². The number of anilines is 2. The first-order valence-corrected chi connectivity index (χ1v) is 16.2. The second kappa shape index (κ2) is 17.5. The predicted octanol–water partition coefficient (Wildman–Crippen LogP) is 4.75. The summed E-state index contributed by atoms with van der Waals surface area (Å²) in [4.78, 5) is 65.5. The molecule has 1 aliphatic heterocycles. The molecule has 5 atom stereocenters. The second-order valence-corrected chi connectivity index (χ2v) is 11.6. The van der Waals surface area contributed by atoms with Gasteiger partial charge in [-0.1, -0.05) is 37.3 Å². The number of ketones is 1. The number of ether oxygens (including phenoxy) is 7. The van der Waals surface area contributed by atoms with Crippen molar-refractivity contribution in [1.29, 1.82) is 0 Å². The molecule has 0 saturated carbocycles. The zero-order chi connectivity index (χ0) is 36.4. The lowest BCUT2D eigenvalue weighted by Crippen LogP contribution is -2.63.